The number of hydrogen-bond donors (Lipinski definition) is 4. The summed E-state index contributed by atoms with van der Waals surface area (Å²) < 4.78 is 5.56. The number of carbonyl (C=O) groups excluding carboxylic acids is 4. The monoisotopic (exact) mass is 497 g/mol. The van der Waals surface area contributed by atoms with Crippen LogP contribution in [0.1, 0.15) is 44.6 Å². The second kappa shape index (κ2) is 12.0. The molecule has 10 nitrogen and oxygen atoms in total. The summed E-state index contributed by atoms with van der Waals surface area (Å²) in [6.45, 7) is 3.42. The minimum absolute atomic E-state index is 0.0639. The number of carbonyl (C=O) groups is 4. The van der Waals surface area contributed by atoms with Crippen LogP contribution in [0.4, 0.5) is 0 Å². The molecule has 4 amide bonds. The first-order valence-corrected chi connectivity index (χ1v) is 12.7. The number of benzene rings is 1. The Morgan fingerprint density at radius 3 is 2.67 bits per heavy atom. The molecule has 10 heteroatoms. The van der Waals surface area contributed by atoms with Crippen LogP contribution in [0.25, 0.3) is 10.9 Å². The van der Waals surface area contributed by atoms with E-state index in [0.29, 0.717) is 51.9 Å². The molecule has 3 heterocycles. The predicted molar refractivity (Wildman–Crippen MR) is 134 cm³/mol. The van der Waals surface area contributed by atoms with Gasteiger partial charge in [-0.1, -0.05) is 18.2 Å². The molecule has 2 saturated heterocycles. The molecular formula is C26H35N5O5. The minimum Gasteiger partial charge on any atom is -0.368 e. The lowest BCUT2D eigenvalue weighted by molar-refractivity contribution is -0.141. The highest BCUT2D eigenvalue weighted by molar-refractivity contribution is 5.92. The maximum absolute atomic E-state index is 13.1. The van der Waals surface area contributed by atoms with Crippen molar-refractivity contribution in [3.8, 4) is 0 Å². The van der Waals surface area contributed by atoms with Crippen LogP contribution < -0.4 is 16.0 Å². The number of amides is 4. The van der Waals surface area contributed by atoms with E-state index in [1.165, 1.54) is 0 Å². The van der Waals surface area contributed by atoms with Crippen molar-refractivity contribution in [2.75, 3.05) is 26.2 Å². The Labute approximate surface area is 210 Å². The smallest absolute Gasteiger partial charge is 0.251 e. The molecule has 1 aromatic carbocycles. The molecular weight excluding hydrogens is 462 g/mol. The number of rotatable bonds is 3. The highest BCUT2D eigenvalue weighted by Gasteiger charge is 2.29. The van der Waals surface area contributed by atoms with Gasteiger partial charge in [0, 0.05) is 56.2 Å². The Balaban J connectivity index is 1.47. The standard InChI is InChI=1S/C26H35N5O5/c1-17-24(33)30-21(15-18-16-28-20-8-3-2-7-19(18)20)25(34)27-11-6-13-31(12-4-10-23(32)29-17)26(35)22-9-5-14-36-22/h2-3,7-8,16-17,21-22,28H,4-6,9-15H2,1H3,(H,27,34)(H,29,32)(H,30,33)/t17-,21+,22+/m0/s1. The first kappa shape index (κ1) is 25.7. The van der Waals surface area contributed by atoms with Gasteiger partial charge in [-0.25, -0.2) is 0 Å². The molecule has 2 aliphatic heterocycles. The zero-order chi connectivity index (χ0) is 25.5. The Kier molecular flexibility index (Phi) is 8.58. The van der Waals surface area contributed by atoms with Crippen molar-refractivity contribution in [2.45, 2.75) is 63.6 Å². The van der Waals surface area contributed by atoms with Crippen LogP contribution in [0.3, 0.4) is 0 Å². The van der Waals surface area contributed by atoms with E-state index in [2.05, 4.69) is 20.9 Å². The van der Waals surface area contributed by atoms with E-state index in [9.17, 15) is 19.2 Å². The Morgan fingerprint density at radius 1 is 1.06 bits per heavy atom. The van der Waals surface area contributed by atoms with Crippen LogP contribution in [0, 0.1) is 0 Å². The fourth-order valence-electron chi connectivity index (χ4n) is 4.75. The predicted octanol–water partition coefficient (Wildman–Crippen LogP) is 1.01. The van der Waals surface area contributed by atoms with Gasteiger partial charge in [-0.05, 0) is 44.2 Å². The highest BCUT2D eigenvalue weighted by Crippen LogP contribution is 2.19. The summed E-state index contributed by atoms with van der Waals surface area (Å²) in [5, 5.41) is 9.42. The fraction of sp³-hybridized carbons (Fsp3) is 0.538. The lowest BCUT2D eigenvalue weighted by Gasteiger charge is -2.25. The molecule has 4 rings (SSSR count). The summed E-state index contributed by atoms with van der Waals surface area (Å²) >= 11 is 0. The van der Waals surface area contributed by atoms with Gasteiger partial charge in [0.2, 0.25) is 17.7 Å². The molecule has 1 aromatic heterocycles. The van der Waals surface area contributed by atoms with E-state index < -0.39 is 24.1 Å². The largest absolute Gasteiger partial charge is 0.368 e. The number of aromatic nitrogens is 1. The van der Waals surface area contributed by atoms with Gasteiger partial charge in [-0.3, -0.25) is 19.2 Å². The maximum Gasteiger partial charge on any atom is 0.251 e. The summed E-state index contributed by atoms with van der Waals surface area (Å²) in [6.07, 6.45) is 4.51. The number of para-hydroxylation sites is 1. The Bertz CT molecular complexity index is 1090. The SMILES string of the molecule is C[C@@H]1NC(=O)CCCN(C(=O)[C@H]2CCCO2)CCCNC(=O)[C@@H](Cc2c[nH]c3ccccc23)NC1=O. The molecule has 0 saturated carbocycles. The third kappa shape index (κ3) is 6.42. The second-order valence-corrected chi connectivity index (χ2v) is 9.49. The fourth-order valence-corrected chi connectivity index (χ4v) is 4.75. The number of nitrogens with zero attached hydrogens (tertiary/aromatic N) is 1. The molecule has 36 heavy (non-hydrogen) atoms. The van der Waals surface area contributed by atoms with Gasteiger partial charge >= 0.3 is 0 Å². The van der Waals surface area contributed by atoms with Crippen LogP contribution in [0.15, 0.2) is 30.5 Å². The average molecular weight is 498 g/mol. The summed E-state index contributed by atoms with van der Waals surface area (Å²) in [5.74, 6) is -1.06. The zero-order valence-electron chi connectivity index (χ0n) is 20.7. The Hall–Kier alpha value is -3.40. The summed E-state index contributed by atoms with van der Waals surface area (Å²) in [5.41, 5.74) is 1.86. The minimum atomic E-state index is -0.814. The summed E-state index contributed by atoms with van der Waals surface area (Å²) in [7, 11) is 0. The molecule has 0 unspecified atom stereocenters. The third-order valence-corrected chi connectivity index (χ3v) is 6.76. The van der Waals surface area contributed by atoms with E-state index >= 15 is 0 Å². The number of ether oxygens (including phenoxy) is 1. The Morgan fingerprint density at radius 2 is 1.86 bits per heavy atom. The number of hydrogen-bond acceptors (Lipinski definition) is 5. The summed E-state index contributed by atoms with van der Waals surface area (Å²) in [6, 6.07) is 6.16. The van der Waals surface area contributed by atoms with E-state index in [0.717, 1.165) is 22.9 Å². The summed E-state index contributed by atoms with van der Waals surface area (Å²) in [4.78, 5) is 56.3. The van der Waals surface area contributed by atoms with Crippen molar-refractivity contribution in [2.24, 2.45) is 0 Å². The maximum atomic E-state index is 13.1. The molecule has 0 spiro atoms. The van der Waals surface area contributed by atoms with Crippen LogP contribution in [-0.2, 0) is 30.3 Å². The number of nitrogens with one attached hydrogen (secondary N) is 4. The van der Waals surface area contributed by atoms with Crippen LogP contribution in [0.2, 0.25) is 0 Å². The van der Waals surface area contributed by atoms with Crippen molar-refractivity contribution in [3.05, 3.63) is 36.0 Å². The molecule has 2 fully saturated rings. The molecule has 0 radical (unpaired) electrons. The van der Waals surface area contributed by atoms with Gasteiger partial charge in [-0.15, -0.1) is 0 Å². The molecule has 194 valence electrons. The van der Waals surface area contributed by atoms with Gasteiger partial charge in [0.25, 0.3) is 5.91 Å². The number of fused-ring (bicyclic) bond motifs is 1. The molecule has 2 aromatic rings. The second-order valence-electron chi connectivity index (χ2n) is 9.49. The van der Waals surface area contributed by atoms with Crippen molar-refractivity contribution < 1.29 is 23.9 Å². The van der Waals surface area contributed by atoms with E-state index in [4.69, 9.17) is 4.74 Å². The van der Waals surface area contributed by atoms with Gasteiger partial charge in [-0.2, -0.15) is 0 Å². The van der Waals surface area contributed by atoms with Crippen LogP contribution in [0.5, 0.6) is 0 Å². The topological polar surface area (TPSA) is 133 Å². The van der Waals surface area contributed by atoms with Crippen molar-refractivity contribution >= 4 is 34.5 Å². The lowest BCUT2D eigenvalue weighted by Crippen LogP contribution is -2.53. The molecule has 0 aliphatic carbocycles. The molecule has 0 bridgehead atoms. The first-order valence-electron chi connectivity index (χ1n) is 12.7. The average Bonchev–Trinajstić information content (AvgIpc) is 3.54. The van der Waals surface area contributed by atoms with E-state index in [1.54, 1.807) is 11.8 Å². The molecule has 4 N–H and O–H groups in total. The van der Waals surface area contributed by atoms with Crippen molar-refractivity contribution in [3.63, 3.8) is 0 Å². The number of aromatic amines is 1. The van der Waals surface area contributed by atoms with Gasteiger partial charge in [0.05, 0.1) is 0 Å². The lowest BCUT2D eigenvalue weighted by atomic mass is 10.0. The highest BCUT2D eigenvalue weighted by atomic mass is 16.5. The quantitative estimate of drug-likeness (QED) is 0.502. The van der Waals surface area contributed by atoms with Crippen LogP contribution >= 0.6 is 0 Å². The van der Waals surface area contributed by atoms with Gasteiger partial charge in [0.15, 0.2) is 0 Å². The van der Waals surface area contributed by atoms with E-state index in [-0.39, 0.29) is 24.1 Å². The normalized spacial score (nSPS) is 25.0. The van der Waals surface area contributed by atoms with Crippen LogP contribution in [-0.4, -0.2) is 77.9 Å². The third-order valence-electron chi connectivity index (χ3n) is 6.76. The number of H-pyrrole nitrogens is 1. The van der Waals surface area contributed by atoms with E-state index in [1.807, 2.05) is 30.5 Å². The van der Waals surface area contributed by atoms with Crippen molar-refractivity contribution in [1.82, 2.24) is 25.8 Å². The van der Waals surface area contributed by atoms with Crippen molar-refractivity contribution in [1.29, 1.82) is 0 Å². The molecule has 2 aliphatic rings. The van der Waals surface area contributed by atoms with Gasteiger partial charge < -0.3 is 30.6 Å². The zero-order valence-corrected chi connectivity index (χ0v) is 20.7. The first-order chi connectivity index (χ1) is 17.4. The van der Waals surface area contributed by atoms with Gasteiger partial charge in [0.1, 0.15) is 18.2 Å². The molecule has 3 atom stereocenters.